The van der Waals surface area contributed by atoms with Crippen LogP contribution in [-0.2, 0) is 11.3 Å². The van der Waals surface area contributed by atoms with Crippen LogP contribution in [0.15, 0.2) is 42.5 Å². The van der Waals surface area contributed by atoms with Crippen molar-refractivity contribution in [3.63, 3.8) is 0 Å². The van der Waals surface area contributed by atoms with Gasteiger partial charge in [0.2, 0.25) is 5.91 Å². The first kappa shape index (κ1) is 21.8. The fourth-order valence-electron chi connectivity index (χ4n) is 3.42. The molecule has 1 atom stereocenters. The van der Waals surface area contributed by atoms with Crippen LogP contribution >= 0.6 is 23.2 Å². The van der Waals surface area contributed by atoms with E-state index >= 15 is 0 Å². The fraction of sp³-hybridized carbons (Fsp3) is 0.364. The third-order valence-corrected chi connectivity index (χ3v) is 5.83. The van der Waals surface area contributed by atoms with E-state index in [9.17, 15) is 9.59 Å². The molecule has 1 amide bonds. The highest BCUT2D eigenvalue weighted by molar-refractivity contribution is 6.42. The Labute approximate surface area is 181 Å². The van der Waals surface area contributed by atoms with Gasteiger partial charge in [-0.1, -0.05) is 53.5 Å². The van der Waals surface area contributed by atoms with Gasteiger partial charge in [-0.15, -0.1) is 0 Å². The van der Waals surface area contributed by atoms with Gasteiger partial charge in [0.15, 0.2) is 5.78 Å². The summed E-state index contributed by atoms with van der Waals surface area (Å²) in [5.74, 6) is 0.0567. The number of nitrogens with zero attached hydrogens (tertiary/aromatic N) is 2. The van der Waals surface area contributed by atoms with Gasteiger partial charge in [-0.2, -0.15) is 0 Å². The first-order valence-corrected chi connectivity index (χ1v) is 10.4. The molecule has 0 saturated carbocycles. The maximum atomic E-state index is 12.4. The van der Waals surface area contributed by atoms with Crippen LogP contribution in [0.4, 0.5) is 0 Å². The van der Waals surface area contributed by atoms with Gasteiger partial charge in [0.1, 0.15) is 0 Å². The Hall–Kier alpha value is -1.92. The summed E-state index contributed by atoms with van der Waals surface area (Å²) in [6.07, 6.45) is 0. The van der Waals surface area contributed by atoms with Crippen LogP contribution in [0, 0.1) is 0 Å². The average Bonchev–Trinajstić information content (AvgIpc) is 3.10. The lowest BCUT2D eigenvalue weighted by Crippen LogP contribution is -2.38. The van der Waals surface area contributed by atoms with E-state index in [1.807, 2.05) is 37.3 Å². The Morgan fingerprint density at radius 2 is 1.72 bits per heavy atom. The fourth-order valence-corrected chi connectivity index (χ4v) is 3.73. The zero-order chi connectivity index (χ0) is 21.0. The Bertz CT molecular complexity index is 886. The number of halogens is 2. The predicted octanol–water partition coefficient (Wildman–Crippen LogP) is 4.15. The summed E-state index contributed by atoms with van der Waals surface area (Å²) in [7, 11) is 0. The van der Waals surface area contributed by atoms with Crippen LogP contribution in [0.25, 0.3) is 0 Å². The molecule has 1 fully saturated rings. The van der Waals surface area contributed by atoms with E-state index in [4.69, 9.17) is 23.2 Å². The lowest BCUT2D eigenvalue weighted by Gasteiger charge is -2.20. The van der Waals surface area contributed by atoms with Crippen molar-refractivity contribution >= 4 is 34.9 Å². The minimum atomic E-state index is -0.143. The summed E-state index contributed by atoms with van der Waals surface area (Å²) in [6, 6.07) is 13.0. The molecule has 5 nitrogen and oxygen atoms in total. The molecule has 0 spiro atoms. The molecule has 2 aromatic rings. The lowest BCUT2D eigenvalue weighted by molar-refractivity contribution is -0.122. The maximum absolute atomic E-state index is 12.4. The minimum absolute atomic E-state index is 0.0174. The van der Waals surface area contributed by atoms with Crippen molar-refractivity contribution in [2.75, 3.05) is 26.3 Å². The molecule has 1 N–H and O–H groups in total. The molecule has 0 radical (unpaired) electrons. The molecule has 2 aromatic carbocycles. The molecule has 0 aliphatic carbocycles. The third-order valence-electron chi connectivity index (χ3n) is 5.09. The summed E-state index contributed by atoms with van der Waals surface area (Å²) >= 11 is 12.0. The zero-order valence-corrected chi connectivity index (χ0v) is 18.1. The van der Waals surface area contributed by atoms with Gasteiger partial charge in [-0.25, -0.2) is 0 Å². The smallest absolute Gasteiger partial charge is 0.234 e. The van der Waals surface area contributed by atoms with Crippen LogP contribution < -0.4 is 5.32 Å². The minimum Gasteiger partial charge on any atom is -0.348 e. The number of ketones is 1. The van der Waals surface area contributed by atoms with Crippen LogP contribution in [0.5, 0.6) is 0 Å². The molecule has 29 heavy (non-hydrogen) atoms. The number of hydrogen-bond donors (Lipinski definition) is 1. The molecule has 3 rings (SSSR count). The Kier molecular flexibility index (Phi) is 7.30. The molecule has 0 aromatic heterocycles. The van der Waals surface area contributed by atoms with Gasteiger partial charge in [0.25, 0.3) is 0 Å². The normalized spacial score (nSPS) is 16.0. The van der Waals surface area contributed by atoms with Crippen molar-refractivity contribution in [1.82, 2.24) is 15.1 Å². The quantitative estimate of drug-likeness (QED) is 0.666. The zero-order valence-electron chi connectivity index (χ0n) is 16.6. The Balaban J connectivity index is 1.47. The molecule has 1 aliphatic heterocycles. The summed E-state index contributed by atoms with van der Waals surface area (Å²) in [6.45, 7) is 7.15. The second-order valence-electron chi connectivity index (χ2n) is 7.46. The monoisotopic (exact) mass is 433 g/mol. The van der Waals surface area contributed by atoms with Gasteiger partial charge in [0, 0.05) is 25.2 Å². The predicted molar refractivity (Wildman–Crippen MR) is 116 cm³/mol. The second-order valence-corrected chi connectivity index (χ2v) is 8.28. The largest absolute Gasteiger partial charge is 0.348 e. The van der Waals surface area contributed by atoms with Crippen molar-refractivity contribution < 1.29 is 9.59 Å². The molecule has 1 heterocycles. The van der Waals surface area contributed by atoms with Gasteiger partial charge >= 0.3 is 0 Å². The van der Waals surface area contributed by atoms with E-state index in [-0.39, 0.29) is 17.7 Å². The summed E-state index contributed by atoms with van der Waals surface area (Å²) in [5, 5.41) is 4.00. The SMILES string of the molecule is CC(=O)c1ccc(CN2CCN(CC(=O)NC(C)c3ccc(Cl)c(Cl)c3)C2)cc1. The van der Waals surface area contributed by atoms with Crippen molar-refractivity contribution in [3.05, 3.63) is 69.2 Å². The van der Waals surface area contributed by atoms with E-state index in [0.29, 0.717) is 16.6 Å². The Morgan fingerprint density at radius 1 is 1.03 bits per heavy atom. The van der Waals surface area contributed by atoms with E-state index in [0.717, 1.165) is 43.0 Å². The van der Waals surface area contributed by atoms with Gasteiger partial charge in [0.05, 0.1) is 29.3 Å². The molecule has 1 unspecified atom stereocenters. The molecular formula is C22H25Cl2N3O2. The molecule has 1 aliphatic rings. The summed E-state index contributed by atoms with van der Waals surface area (Å²) in [4.78, 5) is 28.2. The van der Waals surface area contributed by atoms with Crippen molar-refractivity contribution in [3.8, 4) is 0 Å². The van der Waals surface area contributed by atoms with Gasteiger partial charge in [-0.3, -0.25) is 19.4 Å². The van der Waals surface area contributed by atoms with E-state index < -0.39 is 0 Å². The van der Waals surface area contributed by atoms with Crippen LogP contribution in [-0.4, -0.2) is 47.8 Å². The number of carbonyl (C=O) groups is 2. The molecule has 7 heteroatoms. The Morgan fingerprint density at radius 3 is 2.38 bits per heavy atom. The first-order chi connectivity index (χ1) is 13.8. The van der Waals surface area contributed by atoms with Crippen molar-refractivity contribution in [1.29, 1.82) is 0 Å². The van der Waals surface area contributed by atoms with E-state index in [2.05, 4.69) is 15.1 Å². The summed E-state index contributed by atoms with van der Waals surface area (Å²) < 4.78 is 0. The number of carbonyl (C=O) groups excluding carboxylic acids is 2. The molecule has 1 saturated heterocycles. The maximum Gasteiger partial charge on any atom is 0.234 e. The molecular weight excluding hydrogens is 409 g/mol. The standard InChI is InChI=1S/C22H25Cl2N3O2/c1-15(19-7-8-20(23)21(24)11-19)25-22(29)13-27-10-9-26(14-27)12-17-3-5-18(6-4-17)16(2)28/h3-8,11,15H,9-10,12-14H2,1-2H3,(H,25,29). The third kappa shape index (κ3) is 6.03. The van der Waals surface area contributed by atoms with E-state index in [1.165, 1.54) is 0 Å². The first-order valence-electron chi connectivity index (χ1n) is 9.60. The number of hydrogen-bond acceptors (Lipinski definition) is 4. The van der Waals surface area contributed by atoms with Gasteiger partial charge < -0.3 is 5.32 Å². The second kappa shape index (κ2) is 9.72. The van der Waals surface area contributed by atoms with Crippen LogP contribution in [0.3, 0.4) is 0 Å². The highest BCUT2D eigenvalue weighted by Gasteiger charge is 2.22. The average molecular weight is 434 g/mol. The van der Waals surface area contributed by atoms with Crippen molar-refractivity contribution in [2.45, 2.75) is 26.4 Å². The lowest BCUT2D eigenvalue weighted by atomic mass is 10.1. The number of nitrogens with one attached hydrogen (secondary N) is 1. The number of amides is 1. The van der Waals surface area contributed by atoms with Crippen molar-refractivity contribution in [2.24, 2.45) is 0 Å². The topological polar surface area (TPSA) is 52.7 Å². The highest BCUT2D eigenvalue weighted by atomic mass is 35.5. The van der Waals surface area contributed by atoms with Crippen LogP contribution in [0.1, 0.15) is 41.4 Å². The molecule has 154 valence electrons. The number of benzene rings is 2. The number of Topliss-reactive ketones (excluding diaryl/α,β-unsaturated/α-hetero) is 1. The molecule has 0 bridgehead atoms. The van der Waals surface area contributed by atoms with Gasteiger partial charge in [-0.05, 0) is 37.1 Å². The van der Waals surface area contributed by atoms with E-state index in [1.54, 1.807) is 19.1 Å². The number of rotatable bonds is 7. The highest BCUT2D eigenvalue weighted by Crippen LogP contribution is 2.25. The summed E-state index contributed by atoms with van der Waals surface area (Å²) in [5.41, 5.74) is 2.81. The van der Waals surface area contributed by atoms with Crippen LogP contribution in [0.2, 0.25) is 10.0 Å².